The molecule has 1 nitrogen and oxygen atoms in total. The van der Waals surface area contributed by atoms with Gasteiger partial charge < -0.3 is 5.32 Å². The van der Waals surface area contributed by atoms with Crippen molar-refractivity contribution in [2.75, 3.05) is 0 Å². The molecule has 1 aromatic carbocycles. The number of benzene rings is 1. The molecule has 0 saturated heterocycles. The van der Waals surface area contributed by atoms with Crippen molar-refractivity contribution >= 4 is 0 Å². The monoisotopic (exact) mass is 215 g/mol. The van der Waals surface area contributed by atoms with Crippen LogP contribution in [-0.4, -0.2) is 6.04 Å². The van der Waals surface area contributed by atoms with Gasteiger partial charge in [-0.2, -0.15) is 0 Å². The van der Waals surface area contributed by atoms with E-state index in [9.17, 15) is 0 Å². The normalized spacial score (nSPS) is 22.0. The molecule has 0 saturated carbocycles. The number of hydrogen-bond acceptors (Lipinski definition) is 1. The van der Waals surface area contributed by atoms with Gasteiger partial charge in [0.05, 0.1) is 0 Å². The van der Waals surface area contributed by atoms with E-state index in [1.165, 1.54) is 30.4 Å². The molecule has 1 heteroatoms. The molecule has 16 heavy (non-hydrogen) atoms. The van der Waals surface area contributed by atoms with Gasteiger partial charge in [0.15, 0.2) is 0 Å². The summed E-state index contributed by atoms with van der Waals surface area (Å²) in [6.45, 7) is 4.37. The molecular formula is C15H21N. The van der Waals surface area contributed by atoms with Crippen molar-refractivity contribution in [1.29, 1.82) is 0 Å². The minimum atomic E-state index is 0.438. The fraction of sp³-hybridized carbons (Fsp3) is 0.467. The molecule has 2 rings (SSSR count). The number of rotatable bonds is 3. The Kier molecular flexibility index (Phi) is 3.79. The van der Waals surface area contributed by atoms with Gasteiger partial charge in [-0.3, -0.25) is 0 Å². The smallest absolute Gasteiger partial charge is 0.0297 e. The first kappa shape index (κ1) is 11.4. The van der Waals surface area contributed by atoms with Gasteiger partial charge >= 0.3 is 0 Å². The Morgan fingerprint density at radius 3 is 2.62 bits per heavy atom. The van der Waals surface area contributed by atoms with E-state index >= 15 is 0 Å². The summed E-state index contributed by atoms with van der Waals surface area (Å²) in [4.78, 5) is 0. The lowest BCUT2D eigenvalue weighted by atomic mass is 10.00. The van der Waals surface area contributed by atoms with Crippen molar-refractivity contribution in [1.82, 2.24) is 5.32 Å². The van der Waals surface area contributed by atoms with Crippen LogP contribution in [0.5, 0.6) is 0 Å². The second-order valence-corrected chi connectivity index (χ2v) is 4.76. The summed E-state index contributed by atoms with van der Waals surface area (Å²) in [6.07, 6.45) is 8.44. The summed E-state index contributed by atoms with van der Waals surface area (Å²) in [5, 5.41) is 3.67. The van der Waals surface area contributed by atoms with E-state index in [1.807, 2.05) is 0 Å². The molecule has 0 amide bonds. The summed E-state index contributed by atoms with van der Waals surface area (Å²) in [7, 11) is 0. The van der Waals surface area contributed by atoms with Crippen LogP contribution in [0.15, 0.2) is 36.4 Å². The maximum atomic E-state index is 3.67. The van der Waals surface area contributed by atoms with E-state index in [2.05, 4.69) is 55.6 Å². The Morgan fingerprint density at radius 2 is 2.00 bits per heavy atom. The van der Waals surface area contributed by atoms with Crippen LogP contribution < -0.4 is 5.32 Å². The average Bonchev–Trinajstić information content (AvgIpc) is 2.31. The molecule has 86 valence electrons. The minimum absolute atomic E-state index is 0.438. The lowest BCUT2D eigenvalue weighted by Gasteiger charge is -2.23. The van der Waals surface area contributed by atoms with Crippen LogP contribution in [0.2, 0.25) is 0 Å². The van der Waals surface area contributed by atoms with E-state index in [0.717, 1.165) is 0 Å². The fourth-order valence-corrected chi connectivity index (χ4v) is 2.22. The third-order valence-electron chi connectivity index (χ3n) is 3.30. The maximum absolute atomic E-state index is 3.67. The van der Waals surface area contributed by atoms with Crippen molar-refractivity contribution in [3.8, 4) is 0 Å². The van der Waals surface area contributed by atoms with E-state index in [1.54, 1.807) is 0 Å². The first-order chi connectivity index (χ1) is 7.75. The quantitative estimate of drug-likeness (QED) is 0.757. The van der Waals surface area contributed by atoms with Crippen LogP contribution >= 0.6 is 0 Å². The molecular weight excluding hydrogens is 194 g/mol. The molecule has 0 fully saturated rings. The number of aryl methyl sites for hydroxylation is 1. The molecule has 1 N–H and O–H groups in total. The van der Waals surface area contributed by atoms with Gasteiger partial charge in [0, 0.05) is 12.1 Å². The number of nitrogens with one attached hydrogen (secondary N) is 1. The average molecular weight is 215 g/mol. The van der Waals surface area contributed by atoms with E-state index in [-0.39, 0.29) is 0 Å². The highest BCUT2D eigenvalue weighted by atomic mass is 14.9. The molecule has 0 aliphatic heterocycles. The molecule has 0 radical (unpaired) electrons. The van der Waals surface area contributed by atoms with Crippen LogP contribution in [0.1, 0.15) is 43.4 Å². The van der Waals surface area contributed by atoms with Crippen LogP contribution in [0.3, 0.4) is 0 Å². The highest BCUT2D eigenvalue weighted by Gasteiger charge is 2.12. The highest BCUT2D eigenvalue weighted by molar-refractivity contribution is 5.24. The molecule has 1 aliphatic rings. The zero-order chi connectivity index (χ0) is 11.4. The molecule has 2 atom stereocenters. The van der Waals surface area contributed by atoms with Crippen LogP contribution in [0.25, 0.3) is 0 Å². The molecule has 0 spiro atoms. The van der Waals surface area contributed by atoms with E-state index in [4.69, 9.17) is 0 Å². The van der Waals surface area contributed by atoms with E-state index < -0.39 is 0 Å². The van der Waals surface area contributed by atoms with Crippen molar-refractivity contribution in [3.05, 3.63) is 47.5 Å². The van der Waals surface area contributed by atoms with Gasteiger partial charge in [-0.25, -0.2) is 0 Å². The van der Waals surface area contributed by atoms with Gasteiger partial charge in [0.1, 0.15) is 0 Å². The summed E-state index contributed by atoms with van der Waals surface area (Å²) in [5.74, 6) is 0. The van der Waals surface area contributed by atoms with Crippen LogP contribution in [-0.2, 0) is 0 Å². The van der Waals surface area contributed by atoms with E-state index in [0.29, 0.717) is 12.1 Å². The first-order valence-electron chi connectivity index (χ1n) is 6.25. The Morgan fingerprint density at radius 1 is 1.25 bits per heavy atom. The minimum Gasteiger partial charge on any atom is -0.304 e. The summed E-state index contributed by atoms with van der Waals surface area (Å²) in [6, 6.07) is 9.81. The molecule has 0 aromatic heterocycles. The predicted molar refractivity (Wildman–Crippen MR) is 69.5 cm³/mol. The molecule has 0 heterocycles. The Hall–Kier alpha value is -1.08. The summed E-state index contributed by atoms with van der Waals surface area (Å²) >= 11 is 0. The third-order valence-corrected chi connectivity index (χ3v) is 3.30. The topological polar surface area (TPSA) is 12.0 Å². The molecule has 1 unspecified atom stereocenters. The lowest BCUT2D eigenvalue weighted by Crippen LogP contribution is -2.30. The Balaban J connectivity index is 1.96. The van der Waals surface area contributed by atoms with Crippen molar-refractivity contribution in [2.45, 2.75) is 45.2 Å². The number of hydrogen-bond donors (Lipinski definition) is 1. The first-order valence-corrected chi connectivity index (χ1v) is 6.25. The second kappa shape index (κ2) is 5.31. The second-order valence-electron chi connectivity index (χ2n) is 4.76. The largest absolute Gasteiger partial charge is 0.304 e. The van der Waals surface area contributed by atoms with Gasteiger partial charge in [0.25, 0.3) is 0 Å². The van der Waals surface area contributed by atoms with Gasteiger partial charge in [0.2, 0.25) is 0 Å². The SMILES string of the molecule is Cc1ccc([C@@H](C)NC2C=CCCC2)cc1. The Labute approximate surface area is 98.6 Å². The summed E-state index contributed by atoms with van der Waals surface area (Å²) < 4.78 is 0. The van der Waals surface area contributed by atoms with Crippen molar-refractivity contribution < 1.29 is 0 Å². The van der Waals surface area contributed by atoms with Gasteiger partial charge in [-0.15, -0.1) is 0 Å². The van der Waals surface area contributed by atoms with Gasteiger partial charge in [-0.05, 0) is 38.7 Å². The zero-order valence-corrected chi connectivity index (χ0v) is 10.2. The lowest BCUT2D eigenvalue weighted by molar-refractivity contribution is 0.467. The third kappa shape index (κ3) is 2.96. The molecule has 1 aliphatic carbocycles. The molecule has 0 bridgehead atoms. The van der Waals surface area contributed by atoms with Crippen LogP contribution in [0.4, 0.5) is 0 Å². The van der Waals surface area contributed by atoms with Crippen molar-refractivity contribution in [2.24, 2.45) is 0 Å². The summed E-state index contributed by atoms with van der Waals surface area (Å²) in [5.41, 5.74) is 2.71. The predicted octanol–water partition coefficient (Wildman–Crippen LogP) is 3.75. The van der Waals surface area contributed by atoms with Crippen LogP contribution in [0, 0.1) is 6.92 Å². The maximum Gasteiger partial charge on any atom is 0.0297 e. The molecule has 1 aromatic rings. The Bertz CT molecular complexity index is 350. The number of allylic oxidation sites excluding steroid dienone is 1. The van der Waals surface area contributed by atoms with Gasteiger partial charge in [-0.1, -0.05) is 42.0 Å². The highest BCUT2D eigenvalue weighted by Crippen LogP contribution is 2.17. The van der Waals surface area contributed by atoms with Crippen molar-refractivity contribution in [3.63, 3.8) is 0 Å². The zero-order valence-electron chi connectivity index (χ0n) is 10.2. The fourth-order valence-electron chi connectivity index (χ4n) is 2.22. The standard InChI is InChI=1S/C15H21N/c1-12-8-10-14(11-9-12)13(2)16-15-6-4-3-5-7-15/h4,6,8-11,13,15-16H,3,5,7H2,1-2H3/t13-,15?/m1/s1.